The molecule has 0 bridgehead atoms. The summed E-state index contributed by atoms with van der Waals surface area (Å²) in [6.45, 7) is 8.81. The molecule has 0 spiro atoms. The molecular weight excluding hydrogens is 450 g/mol. The Morgan fingerprint density at radius 1 is 1.17 bits per heavy atom. The smallest absolute Gasteiger partial charge is 0.260 e. The molecule has 1 saturated heterocycles. The first-order valence-electron chi connectivity index (χ1n) is 9.76. The van der Waals surface area contributed by atoms with Gasteiger partial charge in [0.15, 0.2) is 5.13 Å². The summed E-state index contributed by atoms with van der Waals surface area (Å²) in [5.41, 5.74) is 3.93. The number of hydrogen-bond donors (Lipinski definition) is 0. The van der Waals surface area contributed by atoms with Gasteiger partial charge in [0.25, 0.3) is 5.91 Å². The Balaban J connectivity index is 1.64. The first-order valence-corrected chi connectivity index (χ1v) is 11.4. The van der Waals surface area contributed by atoms with Crippen LogP contribution in [0.1, 0.15) is 21.5 Å². The van der Waals surface area contributed by atoms with Gasteiger partial charge >= 0.3 is 0 Å². The lowest BCUT2D eigenvalue weighted by Gasteiger charge is -2.29. The van der Waals surface area contributed by atoms with Crippen LogP contribution in [-0.4, -0.2) is 55.2 Å². The maximum atomic E-state index is 13.5. The number of carbonyl (C=O) groups excluding carboxylic acids is 1. The summed E-state index contributed by atoms with van der Waals surface area (Å²) in [7, 11) is 0. The van der Waals surface area contributed by atoms with Crippen LogP contribution in [0.25, 0.3) is 10.2 Å². The van der Waals surface area contributed by atoms with Crippen molar-refractivity contribution in [3.05, 3.63) is 57.6 Å². The van der Waals surface area contributed by atoms with E-state index in [0.29, 0.717) is 12.1 Å². The zero-order valence-corrected chi connectivity index (χ0v) is 19.1. The maximum absolute atomic E-state index is 13.5. The molecule has 4 rings (SSSR count). The van der Waals surface area contributed by atoms with Gasteiger partial charge in [-0.2, -0.15) is 0 Å². The van der Waals surface area contributed by atoms with Gasteiger partial charge in [0.05, 0.1) is 23.4 Å². The first-order chi connectivity index (χ1) is 14.0. The Bertz CT molecular complexity index is 1030. The van der Waals surface area contributed by atoms with E-state index >= 15 is 0 Å². The summed E-state index contributed by atoms with van der Waals surface area (Å²) in [6.07, 6.45) is 0. The van der Waals surface area contributed by atoms with Crippen LogP contribution in [0.3, 0.4) is 0 Å². The molecule has 7 heteroatoms. The molecule has 1 aliphatic heterocycles. The van der Waals surface area contributed by atoms with Crippen molar-refractivity contribution in [2.75, 3.05) is 44.3 Å². The normalized spacial score (nSPS) is 15.0. The molecule has 1 aromatic heterocycles. The number of halogens is 1. The molecule has 2 aromatic carbocycles. The average Bonchev–Trinajstić information content (AvgIpc) is 3.13. The van der Waals surface area contributed by atoms with Gasteiger partial charge in [-0.25, -0.2) is 4.98 Å². The number of anilines is 1. The molecule has 0 unspecified atom stereocenters. The van der Waals surface area contributed by atoms with Crippen LogP contribution in [0.4, 0.5) is 5.13 Å². The number of aromatic nitrogens is 1. The topological polar surface area (TPSA) is 45.7 Å². The number of fused-ring (bicyclic) bond motifs is 1. The number of ether oxygens (including phenoxy) is 1. The van der Waals surface area contributed by atoms with E-state index in [-0.39, 0.29) is 5.91 Å². The highest BCUT2D eigenvalue weighted by Gasteiger charge is 2.23. The van der Waals surface area contributed by atoms with E-state index in [1.807, 2.05) is 42.2 Å². The average molecular weight is 474 g/mol. The van der Waals surface area contributed by atoms with Crippen molar-refractivity contribution < 1.29 is 9.53 Å². The number of nitrogens with zero attached hydrogens (tertiary/aromatic N) is 3. The van der Waals surface area contributed by atoms with Crippen LogP contribution in [0, 0.1) is 13.8 Å². The minimum Gasteiger partial charge on any atom is -0.379 e. The minimum absolute atomic E-state index is 0.000480. The third-order valence-corrected chi connectivity index (χ3v) is 6.85. The molecule has 1 aliphatic rings. The number of benzene rings is 2. The monoisotopic (exact) mass is 473 g/mol. The summed E-state index contributed by atoms with van der Waals surface area (Å²) in [6, 6.07) is 11.9. The first kappa shape index (κ1) is 20.5. The van der Waals surface area contributed by atoms with E-state index in [0.717, 1.165) is 58.2 Å². The van der Waals surface area contributed by atoms with Gasteiger partial charge in [0, 0.05) is 36.2 Å². The molecule has 29 heavy (non-hydrogen) atoms. The Kier molecular flexibility index (Phi) is 6.29. The van der Waals surface area contributed by atoms with Gasteiger partial charge in [0.2, 0.25) is 0 Å². The Morgan fingerprint density at radius 3 is 2.72 bits per heavy atom. The Morgan fingerprint density at radius 2 is 1.97 bits per heavy atom. The highest BCUT2D eigenvalue weighted by Crippen LogP contribution is 2.31. The number of aryl methyl sites for hydroxylation is 2. The number of morpholine rings is 1. The molecule has 2 heterocycles. The van der Waals surface area contributed by atoms with Gasteiger partial charge in [-0.05, 0) is 55.3 Å². The fraction of sp³-hybridized carbons (Fsp3) is 0.364. The van der Waals surface area contributed by atoms with E-state index in [1.165, 1.54) is 5.56 Å². The van der Waals surface area contributed by atoms with E-state index in [2.05, 4.69) is 33.8 Å². The minimum atomic E-state index is -0.000480. The van der Waals surface area contributed by atoms with Crippen LogP contribution in [0.15, 0.2) is 40.9 Å². The fourth-order valence-corrected chi connectivity index (χ4v) is 4.92. The molecule has 1 amide bonds. The number of hydrogen-bond acceptors (Lipinski definition) is 5. The lowest BCUT2D eigenvalue weighted by molar-refractivity contribution is 0.0391. The molecule has 3 aromatic rings. The van der Waals surface area contributed by atoms with E-state index in [1.54, 1.807) is 11.3 Å². The number of thiazole rings is 1. The van der Waals surface area contributed by atoms with Crippen molar-refractivity contribution in [3.8, 4) is 0 Å². The van der Waals surface area contributed by atoms with Gasteiger partial charge in [-0.1, -0.05) is 33.3 Å². The third kappa shape index (κ3) is 4.69. The quantitative estimate of drug-likeness (QED) is 0.540. The summed E-state index contributed by atoms with van der Waals surface area (Å²) >= 11 is 5.08. The van der Waals surface area contributed by atoms with Crippen LogP contribution in [0.5, 0.6) is 0 Å². The molecule has 152 valence electrons. The number of carbonyl (C=O) groups is 1. The second kappa shape index (κ2) is 8.92. The SMILES string of the molecule is Cc1ccc(C(=O)N(CCN2CCOCC2)c2nc3ccc(Br)cc3s2)cc1C. The molecule has 0 saturated carbocycles. The predicted molar refractivity (Wildman–Crippen MR) is 122 cm³/mol. The lowest BCUT2D eigenvalue weighted by atomic mass is 10.1. The Hall–Kier alpha value is -1.80. The molecular formula is C22H24BrN3O2S. The number of rotatable bonds is 5. The summed E-state index contributed by atoms with van der Waals surface area (Å²) in [4.78, 5) is 22.4. The van der Waals surface area contributed by atoms with Crippen LogP contribution in [-0.2, 0) is 4.74 Å². The van der Waals surface area contributed by atoms with Crippen molar-refractivity contribution in [1.29, 1.82) is 0 Å². The van der Waals surface area contributed by atoms with Crippen molar-refractivity contribution in [2.45, 2.75) is 13.8 Å². The molecule has 0 radical (unpaired) electrons. The van der Waals surface area contributed by atoms with Crippen molar-refractivity contribution in [1.82, 2.24) is 9.88 Å². The van der Waals surface area contributed by atoms with E-state index < -0.39 is 0 Å². The standard InChI is InChI=1S/C22H24BrN3O2S/c1-15-3-4-17(13-16(15)2)21(27)26(8-7-25-9-11-28-12-10-25)22-24-19-6-5-18(23)14-20(19)29-22/h3-6,13-14H,7-12H2,1-2H3. The second-order valence-corrected chi connectivity index (χ2v) is 9.24. The van der Waals surface area contributed by atoms with E-state index in [4.69, 9.17) is 9.72 Å². The van der Waals surface area contributed by atoms with Gasteiger partial charge in [-0.3, -0.25) is 14.6 Å². The van der Waals surface area contributed by atoms with Crippen molar-refractivity contribution >= 4 is 48.5 Å². The predicted octanol–water partition coefficient (Wildman–Crippen LogP) is 4.65. The van der Waals surface area contributed by atoms with Crippen LogP contribution >= 0.6 is 27.3 Å². The van der Waals surface area contributed by atoms with Gasteiger partial charge in [-0.15, -0.1) is 0 Å². The van der Waals surface area contributed by atoms with Crippen molar-refractivity contribution in [3.63, 3.8) is 0 Å². The maximum Gasteiger partial charge on any atom is 0.260 e. The summed E-state index contributed by atoms with van der Waals surface area (Å²) < 4.78 is 7.53. The summed E-state index contributed by atoms with van der Waals surface area (Å²) in [5.74, 6) is -0.000480. The highest BCUT2D eigenvalue weighted by molar-refractivity contribution is 9.10. The molecule has 0 atom stereocenters. The molecule has 0 N–H and O–H groups in total. The lowest BCUT2D eigenvalue weighted by Crippen LogP contribution is -2.43. The second-order valence-electron chi connectivity index (χ2n) is 7.32. The molecule has 1 fully saturated rings. The largest absolute Gasteiger partial charge is 0.379 e. The molecule has 5 nitrogen and oxygen atoms in total. The zero-order chi connectivity index (χ0) is 20.4. The van der Waals surface area contributed by atoms with Crippen molar-refractivity contribution in [2.24, 2.45) is 0 Å². The zero-order valence-electron chi connectivity index (χ0n) is 16.7. The molecule has 0 aliphatic carbocycles. The van der Waals surface area contributed by atoms with E-state index in [9.17, 15) is 4.79 Å². The summed E-state index contributed by atoms with van der Waals surface area (Å²) in [5, 5.41) is 0.745. The van der Waals surface area contributed by atoms with Crippen LogP contribution < -0.4 is 4.90 Å². The van der Waals surface area contributed by atoms with Gasteiger partial charge in [0.1, 0.15) is 0 Å². The number of amides is 1. The highest BCUT2D eigenvalue weighted by atomic mass is 79.9. The Labute approximate surface area is 183 Å². The fourth-order valence-electron chi connectivity index (χ4n) is 3.38. The van der Waals surface area contributed by atoms with Crippen LogP contribution in [0.2, 0.25) is 0 Å². The van der Waals surface area contributed by atoms with Gasteiger partial charge < -0.3 is 4.74 Å². The third-order valence-electron chi connectivity index (χ3n) is 5.31.